The van der Waals surface area contributed by atoms with Gasteiger partial charge in [-0.3, -0.25) is 0 Å². The summed E-state index contributed by atoms with van der Waals surface area (Å²) in [7, 11) is 0. The van der Waals surface area contributed by atoms with E-state index < -0.39 is 5.97 Å². The number of morpholine rings is 1. The van der Waals surface area contributed by atoms with E-state index in [-0.39, 0.29) is 11.7 Å². The lowest BCUT2D eigenvalue weighted by atomic mass is 10.1. The quantitative estimate of drug-likeness (QED) is 0.797. The zero-order chi connectivity index (χ0) is 18.5. The van der Waals surface area contributed by atoms with Crippen molar-refractivity contribution < 1.29 is 19.4 Å². The third-order valence-electron chi connectivity index (χ3n) is 4.13. The number of hydrogen-bond donors (Lipinski definition) is 2. The minimum Gasteiger partial charge on any atom is -0.493 e. The average molecular weight is 358 g/mol. The fourth-order valence-electron chi connectivity index (χ4n) is 2.84. The van der Waals surface area contributed by atoms with Crippen molar-refractivity contribution in [1.29, 1.82) is 0 Å². The predicted molar refractivity (Wildman–Crippen MR) is 96.6 cm³/mol. The van der Waals surface area contributed by atoms with Crippen LogP contribution in [0.25, 0.3) is 11.3 Å². The summed E-state index contributed by atoms with van der Waals surface area (Å²) in [6.07, 6.45) is 1.63. The van der Waals surface area contributed by atoms with Gasteiger partial charge in [0.2, 0.25) is 5.95 Å². The first-order valence-corrected chi connectivity index (χ1v) is 8.52. The number of rotatable bonds is 6. The Bertz CT molecular complexity index is 784. The monoisotopic (exact) mass is 358 g/mol. The van der Waals surface area contributed by atoms with E-state index in [9.17, 15) is 9.90 Å². The van der Waals surface area contributed by atoms with Crippen molar-refractivity contribution in [1.82, 2.24) is 9.97 Å². The topological polar surface area (TPSA) is 111 Å². The molecule has 1 aliphatic rings. The molecule has 8 heteroatoms. The Morgan fingerprint density at radius 1 is 1.46 bits per heavy atom. The Labute approximate surface area is 151 Å². The molecule has 0 aliphatic carbocycles. The largest absolute Gasteiger partial charge is 0.493 e. The molecule has 3 N–H and O–H groups in total. The molecule has 0 spiro atoms. The number of anilines is 1. The molecule has 1 fully saturated rings. The van der Waals surface area contributed by atoms with Gasteiger partial charge in [0, 0.05) is 31.4 Å². The maximum Gasteiger partial charge on any atom is 0.339 e. The Morgan fingerprint density at radius 3 is 3.04 bits per heavy atom. The van der Waals surface area contributed by atoms with Crippen LogP contribution in [0.15, 0.2) is 30.5 Å². The van der Waals surface area contributed by atoms with Crippen LogP contribution < -0.4 is 15.4 Å². The van der Waals surface area contributed by atoms with E-state index in [4.69, 9.17) is 15.2 Å². The first-order chi connectivity index (χ1) is 12.6. The van der Waals surface area contributed by atoms with Gasteiger partial charge < -0.3 is 25.2 Å². The molecule has 8 nitrogen and oxygen atoms in total. The van der Waals surface area contributed by atoms with Crippen LogP contribution >= 0.6 is 0 Å². The van der Waals surface area contributed by atoms with Crippen LogP contribution in [0.1, 0.15) is 17.3 Å². The molecule has 0 unspecified atom stereocenters. The minimum absolute atomic E-state index is 0.0416. The predicted octanol–water partition coefficient (Wildman–Crippen LogP) is 1.40. The van der Waals surface area contributed by atoms with Crippen molar-refractivity contribution in [3.63, 3.8) is 0 Å². The van der Waals surface area contributed by atoms with Crippen molar-refractivity contribution in [3.05, 3.63) is 36.0 Å². The molecule has 1 atom stereocenters. The molecule has 1 aromatic heterocycles. The first kappa shape index (κ1) is 18.1. The molecule has 138 valence electrons. The zero-order valence-corrected chi connectivity index (χ0v) is 14.6. The van der Waals surface area contributed by atoms with E-state index in [2.05, 4.69) is 9.97 Å². The number of aromatic carboxylic acids is 1. The zero-order valence-electron chi connectivity index (χ0n) is 14.6. The van der Waals surface area contributed by atoms with Gasteiger partial charge in [-0.2, -0.15) is 0 Å². The maximum absolute atomic E-state index is 11.5. The number of carboxylic acids is 1. The average Bonchev–Trinajstić information content (AvgIpc) is 2.68. The van der Waals surface area contributed by atoms with Gasteiger partial charge in [-0.1, -0.05) is 0 Å². The molecule has 26 heavy (non-hydrogen) atoms. The molecule has 0 amide bonds. The summed E-state index contributed by atoms with van der Waals surface area (Å²) < 4.78 is 11.0. The van der Waals surface area contributed by atoms with E-state index in [1.165, 1.54) is 0 Å². The van der Waals surface area contributed by atoms with Crippen LogP contribution in [-0.2, 0) is 4.74 Å². The highest BCUT2D eigenvalue weighted by Gasteiger charge is 2.22. The number of ether oxygens (including phenoxy) is 2. The molecule has 3 rings (SSSR count). The number of carbonyl (C=O) groups is 1. The van der Waals surface area contributed by atoms with Crippen LogP contribution in [0.3, 0.4) is 0 Å². The Balaban J connectivity index is 1.90. The van der Waals surface area contributed by atoms with E-state index in [0.717, 1.165) is 0 Å². The number of hydrogen-bond acceptors (Lipinski definition) is 7. The minimum atomic E-state index is -1.04. The second-order valence-corrected chi connectivity index (χ2v) is 5.87. The SMILES string of the molecule is CCOc1ccc(-c2ccnc(N3CCO[C@@H](CN)C3)n2)cc1C(=O)O. The summed E-state index contributed by atoms with van der Waals surface area (Å²) in [6, 6.07) is 6.78. The van der Waals surface area contributed by atoms with Gasteiger partial charge in [-0.05, 0) is 31.2 Å². The summed E-state index contributed by atoms with van der Waals surface area (Å²) in [5.74, 6) is -0.115. The molecule has 2 aromatic rings. The molecule has 1 aromatic carbocycles. The molecule has 2 heterocycles. The summed E-state index contributed by atoms with van der Waals surface area (Å²) in [6.45, 7) is 4.54. The highest BCUT2D eigenvalue weighted by Crippen LogP contribution is 2.27. The first-order valence-electron chi connectivity index (χ1n) is 8.52. The second-order valence-electron chi connectivity index (χ2n) is 5.87. The molecule has 0 saturated carbocycles. The van der Waals surface area contributed by atoms with E-state index >= 15 is 0 Å². The van der Waals surface area contributed by atoms with E-state index in [0.29, 0.717) is 55.8 Å². The Kier molecular flexibility index (Phi) is 5.65. The molecule has 1 aliphatic heterocycles. The molecular weight excluding hydrogens is 336 g/mol. The summed E-state index contributed by atoms with van der Waals surface area (Å²) in [5.41, 5.74) is 7.14. The van der Waals surface area contributed by atoms with Crippen molar-refractivity contribution in [3.8, 4) is 17.0 Å². The van der Waals surface area contributed by atoms with Crippen LogP contribution in [-0.4, -0.2) is 60.0 Å². The fourth-order valence-corrected chi connectivity index (χ4v) is 2.84. The number of aromatic nitrogens is 2. The van der Waals surface area contributed by atoms with Crippen molar-refractivity contribution in [2.45, 2.75) is 13.0 Å². The van der Waals surface area contributed by atoms with Crippen LogP contribution in [0.5, 0.6) is 5.75 Å². The number of benzene rings is 1. The van der Waals surface area contributed by atoms with Gasteiger partial charge >= 0.3 is 5.97 Å². The van der Waals surface area contributed by atoms with Crippen molar-refractivity contribution in [2.75, 3.05) is 37.7 Å². The number of carboxylic acid groups (broad SMARTS) is 1. The van der Waals surface area contributed by atoms with Gasteiger partial charge in [-0.25, -0.2) is 14.8 Å². The van der Waals surface area contributed by atoms with E-state index in [1.807, 2.05) is 11.8 Å². The van der Waals surface area contributed by atoms with Crippen LogP contribution in [0.2, 0.25) is 0 Å². The normalized spacial score (nSPS) is 17.2. The van der Waals surface area contributed by atoms with Crippen LogP contribution in [0.4, 0.5) is 5.95 Å². The highest BCUT2D eigenvalue weighted by molar-refractivity contribution is 5.92. The lowest BCUT2D eigenvalue weighted by molar-refractivity contribution is 0.0460. The number of nitrogens with two attached hydrogens (primary N) is 1. The summed E-state index contributed by atoms with van der Waals surface area (Å²) in [5, 5.41) is 9.43. The maximum atomic E-state index is 11.5. The third-order valence-corrected chi connectivity index (χ3v) is 4.13. The standard InChI is InChI=1S/C18H22N4O4/c1-2-25-16-4-3-12(9-14(16)17(23)24)15-5-6-20-18(21-15)22-7-8-26-13(10-19)11-22/h3-6,9,13H,2,7-8,10-11,19H2,1H3,(H,23,24)/t13-/m0/s1. The molecule has 0 radical (unpaired) electrons. The smallest absolute Gasteiger partial charge is 0.339 e. The fraction of sp³-hybridized carbons (Fsp3) is 0.389. The third kappa shape index (κ3) is 3.92. The lowest BCUT2D eigenvalue weighted by Gasteiger charge is -2.32. The Morgan fingerprint density at radius 2 is 2.31 bits per heavy atom. The van der Waals surface area contributed by atoms with Gasteiger partial charge in [0.1, 0.15) is 11.3 Å². The Hall–Kier alpha value is -2.71. The molecular formula is C18H22N4O4. The van der Waals surface area contributed by atoms with E-state index in [1.54, 1.807) is 30.5 Å². The summed E-state index contributed by atoms with van der Waals surface area (Å²) >= 11 is 0. The lowest BCUT2D eigenvalue weighted by Crippen LogP contribution is -2.46. The number of nitrogens with zero attached hydrogens (tertiary/aromatic N) is 3. The second kappa shape index (κ2) is 8.11. The molecule has 1 saturated heterocycles. The van der Waals surface area contributed by atoms with Gasteiger partial charge in [-0.15, -0.1) is 0 Å². The van der Waals surface area contributed by atoms with Crippen molar-refractivity contribution >= 4 is 11.9 Å². The van der Waals surface area contributed by atoms with Crippen molar-refractivity contribution in [2.24, 2.45) is 5.73 Å². The van der Waals surface area contributed by atoms with Gasteiger partial charge in [0.05, 0.1) is 25.0 Å². The highest BCUT2D eigenvalue weighted by atomic mass is 16.5. The van der Waals surface area contributed by atoms with Crippen LogP contribution in [0, 0.1) is 0 Å². The van der Waals surface area contributed by atoms with Gasteiger partial charge in [0.25, 0.3) is 0 Å². The molecule has 0 bridgehead atoms. The van der Waals surface area contributed by atoms with Gasteiger partial charge in [0.15, 0.2) is 0 Å². The summed E-state index contributed by atoms with van der Waals surface area (Å²) in [4.78, 5) is 22.5.